The monoisotopic (exact) mass is 274 g/mol. The lowest BCUT2D eigenvalue weighted by Gasteiger charge is -2.10. The first kappa shape index (κ1) is 10.4. The van der Waals surface area contributed by atoms with E-state index in [1.165, 1.54) is 12.8 Å². The van der Waals surface area contributed by atoms with Crippen LogP contribution in [-0.2, 0) is 0 Å². The van der Waals surface area contributed by atoms with Crippen molar-refractivity contribution in [2.75, 3.05) is 0 Å². The Labute approximate surface area is 97.2 Å². The van der Waals surface area contributed by atoms with Gasteiger partial charge in [0.05, 0.1) is 10.2 Å². The molecule has 1 aromatic rings. The van der Waals surface area contributed by atoms with Gasteiger partial charge in [0, 0.05) is 5.92 Å². The zero-order valence-corrected chi connectivity index (χ0v) is 10.6. The largest absolute Gasteiger partial charge is 0.236 e. The summed E-state index contributed by atoms with van der Waals surface area (Å²) in [6, 6.07) is 0. The second-order valence-electron chi connectivity index (χ2n) is 4.00. The summed E-state index contributed by atoms with van der Waals surface area (Å²) in [5.74, 6) is 1.85. The fourth-order valence-electron chi connectivity index (χ4n) is 1.36. The number of nitrogens with zero attached hydrogens (tertiary/aromatic N) is 2. The Morgan fingerprint density at radius 1 is 1.36 bits per heavy atom. The van der Waals surface area contributed by atoms with Gasteiger partial charge in [-0.1, -0.05) is 25.4 Å². The topological polar surface area (TPSA) is 25.8 Å². The van der Waals surface area contributed by atoms with Crippen LogP contribution in [0.3, 0.4) is 0 Å². The fourth-order valence-corrected chi connectivity index (χ4v) is 2.18. The maximum absolute atomic E-state index is 6.04. The van der Waals surface area contributed by atoms with Crippen molar-refractivity contribution < 1.29 is 0 Å². The highest BCUT2D eigenvalue weighted by atomic mass is 79.9. The van der Waals surface area contributed by atoms with Gasteiger partial charge < -0.3 is 0 Å². The molecule has 2 nitrogen and oxygen atoms in total. The Bertz CT molecular complexity index is 361. The van der Waals surface area contributed by atoms with Crippen LogP contribution >= 0.6 is 27.5 Å². The van der Waals surface area contributed by atoms with Gasteiger partial charge in [-0.15, -0.1) is 0 Å². The van der Waals surface area contributed by atoms with E-state index < -0.39 is 0 Å². The molecule has 4 heteroatoms. The minimum Gasteiger partial charge on any atom is -0.236 e. The molecule has 76 valence electrons. The van der Waals surface area contributed by atoms with E-state index in [9.17, 15) is 0 Å². The van der Waals surface area contributed by atoms with Crippen molar-refractivity contribution in [2.24, 2.45) is 0 Å². The first-order valence-electron chi connectivity index (χ1n) is 4.82. The lowest BCUT2D eigenvalue weighted by molar-refractivity contribution is 0.776. The number of hydrogen-bond acceptors (Lipinski definition) is 2. The van der Waals surface area contributed by atoms with E-state index in [0.717, 1.165) is 16.0 Å². The van der Waals surface area contributed by atoms with Gasteiger partial charge in [0.15, 0.2) is 0 Å². The van der Waals surface area contributed by atoms with Gasteiger partial charge in [-0.2, -0.15) is 0 Å². The molecule has 0 N–H and O–H groups in total. The summed E-state index contributed by atoms with van der Waals surface area (Å²) in [6.45, 7) is 4.22. The molecule has 0 unspecified atom stereocenters. The molecular weight excluding hydrogens is 263 g/mol. The van der Waals surface area contributed by atoms with Crippen LogP contribution in [0.2, 0.25) is 5.15 Å². The maximum atomic E-state index is 6.04. The molecule has 0 atom stereocenters. The molecule has 1 saturated carbocycles. The highest BCUT2D eigenvalue weighted by Gasteiger charge is 2.28. The predicted molar refractivity (Wildman–Crippen MR) is 60.8 cm³/mol. The van der Waals surface area contributed by atoms with E-state index in [4.69, 9.17) is 11.6 Å². The third-order valence-corrected chi connectivity index (χ3v) is 3.63. The third-order valence-electron chi connectivity index (χ3n) is 2.34. The molecule has 14 heavy (non-hydrogen) atoms. The number of aromatic nitrogens is 2. The number of halogens is 2. The van der Waals surface area contributed by atoms with Gasteiger partial charge in [0.25, 0.3) is 0 Å². The summed E-state index contributed by atoms with van der Waals surface area (Å²) in [4.78, 5) is 8.84. The summed E-state index contributed by atoms with van der Waals surface area (Å²) in [5, 5.41) is 0.547. The summed E-state index contributed by atoms with van der Waals surface area (Å²) in [6.07, 6.45) is 2.41. The maximum Gasteiger partial charge on any atom is 0.147 e. The van der Waals surface area contributed by atoms with E-state index in [1.807, 2.05) is 0 Å². The van der Waals surface area contributed by atoms with Crippen molar-refractivity contribution in [3.8, 4) is 0 Å². The fraction of sp³-hybridized carbons (Fsp3) is 0.600. The van der Waals surface area contributed by atoms with Gasteiger partial charge in [0.1, 0.15) is 11.0 Å². The Hall–Kier alpha value is -0.150. The molecule has 1 aromatic heterocycles. The van der Waals surface area contributed by atoms with Crippen molar-refractivity contribution in [2.45, 2.75) is 38.5 Å². The van der Waals surface area contributed by atoms with Crippen LogP contribution in [0.25, 0.3) is 0 Å². The highest BCUT2D eigenvalue weighted by Crippen LogP contribution is 2.40. The molecular formula is C10H12BrClN2. The van der Waals surface area contributed by atoms with E-state index >= 15 is 0 Å². The Balaban J connectivity index is 2.46. The van der Waals surface area contributed by atoms with Crippen molar-refractivity contribution in [3.05, 3.63) is 21.1 Å². The molecule has 0 spiro atoms. The summed E-state index contributed by atoms with van der Waals surface area (Å²) < 4.78 is 0.846. The zero-order chi connectivity index (χ0) is 10.3. The SMILES string of the molecule is CC(C)c1nc(C2CC2)nc(Cl)c1Br. The van der Waals surface area contributed by atoms with Gasteiger partial charge >= 0.3 is 0 Å². The summed E-state index contributed by atoms with van der Waals surface area (Å²) >= 11 is 9.46. The molecule has 0 aromatic carbocycles. The van der Waals surface area contributed by atoms with Gasteiger partial charge in [0.2, 0.25) is 0 Å². The molecule has 1 heterocycles. The van der Waals surface area contributed by atoms with Crippen LogP contribution in [0, 0.1) is 0 Å². The second-order valence-corrected chi connectivity index (χ2v) is 5.15. The van der Waals surface area contributed by atoms with Crippen molar-refractivity contribution in [3.63, 3.8) is 0 Å². The van der Waals surface area contributed by atoms with E-state index in [1.54, 1.807) is 0 Å². The van der Waals surface area contributed by atoms with Crippen LogP contribution in [0.4, 0.5) is 0 Å². The highest BCUT2D eigenvalue weighted by molar-refractivity contribution is 9.10. The minimum absolute atomic E-state index is 0.377. The number of hydrogen-bond donors (Lipinski definition) is 0. The molecule has 0 bridgehead atoms. The third kappa shape index (κ3) is 1.94. The van der Waals surface area contributed by atoms with Gasteiger partial charge in [-0.25, -0.2) is 9.97 Å². The molecule has 0 amide bonds. The lowest BCUT2D eigenvalue weighted by atomic mass is 10.1. The smallest absolute Gasteiger partial charge is 0.147 e. The van der Waals surface area contributed by atoms with Gasteiger partial charge in [-0.05, 0) is 34.7 Å². The molecule has 0 saturated heterocycles. The van der Waals surface area contributed by atoms with Crippen LogP contribution in [0.15, 0.2) is 4.47 Å². The van der Waals surface area contributed by atoms with Crippen molar-refractivity contribution in [1.29, 1.82) is 0 Å². The van der Waals surface area contributed by atoms with Crippen LogP contribution in [0.5, 0.6) is 0 Å². The second kappa shape index (κ2) is 3.78. The Morgan fingerprint density at radius 3 is 2.50 bits per heavy atom. The quantitative estimate of drug-likeness (QED) is 0.765. The Morgan fingerprint density at radius 2 is 2.00 bits per heavy atom. The van der Waals surface area contributed by atoms with Crippen LogP contribution in [-0.4, -0.2) is 9.97 Å². The Kier molecular flexibility index (Phi) is 2.80. The van der Waals surface area contributed by atoms with Crippen LogP contribution in [0.1, 0.15) is 50.0 Å². The molecule has 0 radical (unpaired) electrons. The standard InChI is InChI=1S/C10H12BrClN2/c1-5(2)8-7(11)9(12)14-10(13-8)6-3-4-6/h5-6H,3-4H2,1-2H3. The van der Waals surface area contributed by atoms with E-state index in [2.05, 4.69) is 39.7 Å². The first-order valence-corrected chi connectivity index (χ1v) is 5.99. The average Bonchev–Trinajstić information content (AvgIpc) is 2.91. The van der Waals surface area contributed by atoms with Crippen LogP contribution < -0.4 is 0 Å². The lowest BCUT2D eigenvalue weighted by Crippen LogP contribution is -2.02. The summed E-state index contributed by atoms with van der Waals surface area (Å²) in [7, 11) is 0. The number of rotatable bonds is 2. The molecule has 2 rings (SSSR count). The molecule has 1 aliphatic rings. The average molecular weight is 276 g/mol. The summed E-state index contributed by atoms with van der Waals surface area (Å²) in [5.41, 5.74) is 1.02. The van der Waals surface area contributed by atoms with E-state index in [0.29, 0.717) is 17.0 Å². The van der Waals surface area contributed by atoms with Gasteiger partial charge in [-0.3, -0.25) is 0 Å². The predicted octanol–water partition coefficient (Wildman–Crippen LogP) is 3.89. The van der Waals surface area contributed by atoms with Crippen molar-refractivity contribution in [1.82, 2.24) is 9.97 Å². The van der Waals surface area contributed by atoms with E-state index in [-0.39, 0.29) is 0 Å². The minimum atomic E-state index is 0.377. The molecule has 0 aliphatic heterocycles. The zero-order valence-electron chi connectivity index (χ0n) is 8.22. The molecule has 1 fully saturated rings. The first-order chi connectivity index (χ1) is 6.59. The molecule has 1 aliphatic carbocycles. The van der Waals surface area contributed by atoms with Crippen molar-refractivity contribution >= 4 is 27.5 Å². The normalized spacial score (nSPS) is 16.4.